The van der Waals surface area contributed by atoms with E-state index in [0.717, 1.165) is 38.4 Å². The molecule has 33 heavy (non-hydrogen) atoms. The highest BCUT2D eigenvalue weighted by Gasteiger charge is 2.23. The first kappa shape index (κ1) is 23.3. The molecule has 2 aliphatic heterocycles. The molecule has 1 fully saturated rings. The number of carbonyl (C=O) groups is 3. The molecule has 1 saturated heterocycles. The molecule has 1 aromatic carbocycles. The van der Waals surface area contributed by atoms with Crippen LogP contribution >= 0.6 is 11.3 Å². The van der Waals surface area contributed by atoms with Crippen LogP contribution in [0.1, 0.15) is 23.3 Å². The van der Waals surface area contributed by atoms with Crippen LogP contribution in [0.4, 0.5) is 11.4 Å². The van der Waals surface area contributed by atoms with Crippen molar-refractivity contribution in [2.45, 2.75) is 25.8 Å². The number of benzene rings is 1. The van der Waals surface area contributed by atoms with E-state index in [1.807, 2.05) is 29.2 Å². The molecule has 176 valence electrons. The molecule has 8 nitrogen and oxygen atoms in total. The largest absolute Gasteiger partial charge is 0.378 e. The number of likely N-dealkylation sites (N-methyl/N-ethyl adjacent to an activating group) is 1. The van der Waals surface area contributed by atoms with E-state index in [4.69, 9.17) is 4.74 Å². The van der Waals surface area contributed by atoms with Crippen molar-refractivity contribution >= 4 is 40.4 Å². The molecule has 0 radical (unpaired) electrons. The molecule has 0 unspecified atom stereocenters. The lowest BCUT2D eigenvalue weighted by molar-refractivity contribution is -0.137. The van der Waals surface area contributed by atoms with Gasteiger partial charge in [0, 0.05) is 62.3 Å². The van der Waals surface area contributed by atoms with Crippen LogP contribution in [-0.4, -0.2) is 74.0 Å². The van der Waals surface area contributed by atoms with E-state index in [1.54, 1.807) is 18.4 Å². The Hall–Kier alpha value is -2.91. The summed E-state index contributed by atoms with van der Waals surface area (Å²) >= 11 is 1.73. The SMILES string of the molecule is CN(CC(=O)Nc1ccc(N2CCOCC2)cc1)C(=O)CCC(=O)N1CCc2sccc2C1. The van der Waals surface area contributed by atoms with Crippen molar-refractivity contribution in [2.75, 3.05) is 56.7 Å². The van der Waals surface area contributed by atoms with Gasteiger partial charge in [-0.3, -0.25) is 14.4 Å². The molecule has 0 spiro atoms. The Balaban J connectivity index is 1.19. The number of hydrogen-bond donors (Lipinski definition) is 1. The van der Waals surface area contributed by atoms with E-state index in [0.29, 0.717) is 18.8 Å². The third-order valence-corrected chi connectivity index (χ3v) is 7.07. The number of amides is 3. The Kier molecular flexibility index (Phi) is 7.61. The van der Waals surface area contributed by atoms with Crippen molar-refractivity contribution in [3.05, 3.63) is 46.2 Å². The second-order valence-electron chi connectivity index (χ2n) is 8.38. The summed E-state index contributed by atoms with van der Waals surface area (Å²) in [6, 6.07) is 9.73. The maximum Gasteiger partial charge on any atom is 0.243 e. The van der Waals surface area contributed by atoms with Crippen LogP contribution in [0.25, 0.3) is 0 Å². The minimum atomic E-state index is -0.266. The number of carbonyl (C=O) groups excluding carboxylic acids is 3. The summed E-state index contributed by atoms with van der Waals surface area (Å²) in [4.78, 5) is 44.1. The standard InChI is InChI=1S/C24H30N4O4S/c1-26(23(30)6-7-24(31)28-10-8-21-18(16-28)9-15-33-21)17-22(29)25-19-2-4-20(5-3-19)27-11-13-32-14-12-27/h2-5,9,15H,6-8,10-14,16-17H2,1H3,(H,25,29). The van der Waals surface area contributed by atoms with Gasteiger partial charge in [0.05, 0.1) is 19.8 Å². The quantitative estimate of drug-likeness (QED) is 0.672. The van der Waals surface area contributed by atoms with Crippen LogP contribution in [-0.2, 0) is 32.1 Å². The minimum Gasteiger partial charge on any atom is -0.378 e. The number of hydrogen-bond acceptors (Lipinski definition) is 6. The Morgan fingerprint density at radius 3 is 2.58 bits per heavy atom. The van der Waals surface area contributed by atoms with Crippen molar-refractivity contribution in [3.63, 3.8) is 0 Å². The van der Waals surface area contributed by atoms with Crippen LogP contribution in [0, 0.1) is 0 Å². The van der Waals surface area contributed by atoms with Gasteiger partial charge in [0.2, 0.25) is 17.7 Å². The zero-order valence-electron chi connectivity index (χ0n) is 18.9. The summed E-state index contributed by atoms with van der Waals surface area (Å²) in [6.45, 7) is 4.41. The minimum absolute atomic E-state index is 0.0154. The van der Waals surface area contributed by atoms with Crippen molar-refractivity contribution < 1.29 is 19.1 Å². The van der Waals surface area contributed by atoms with Gasteiger partial charge in [-0.2, -0.15) is 0 Å². The fraction of sp³-hybridized carbons (Fsp3) is 0.458. The lowest BCUT2D eigenvalue weighted by Gasteiger charge is -2.29. The molecule has 2 aliphatic rings. The number of fused-ring (bicyclic) bond motifs is 1. The molecule has 3 amide bonds. The van der Waals surface area contributed by atoms with Gasteiger partial charge in [-0.1, -0.05) is 0 Å². The van der Waals surface area contributed by atoms with Gasteiger partial charge in [-0.15, -0.1) is 11.3 Å². The summed E-state index contributed by atoms with van der Waals surface area (Å²) in [5, 5.41) is 4.89. The fourth-order valence-corrected chi connectivity index (χ4v) is 5.00. The molecule has 9 heteroatoms. The average molecular weight is 471 g/mol. The van der Waals surface area contributed by atoms with Gasteiger partial charge in [0.1, 0.15) is 0 Å². The van der Waals surface area contributed by atoms with Crippen LogP contribution in [0.15, 0.2) is 35.7 Å². The van der Waals surface area contributed by atoms with Crippen molar-refractivity contribution in [1.82, 2.24) is 9.80 Å². The number of nitrogens with one attached hydrogen (secondary N) is 1. The highest BCUT2D eigenvalue weighted by molar-refractivity contribution is 7.10. The molecule has 3 heterocycles. The molecule has 1 N–H and O–H groups in total. The van der Waals surface area contributed by atoms with Gasteiger partial charge >= 0.3 is 0 Å². The Morgan fingerprint density at radius 2 is 1.82 bits per heavy atom. The van der Waals surface area contributed by atoms with E-state index >= 15 is 0 Å². The molecule has 0 atom stereocenters. The average Bonchev–Trinajstić information content (AvgIpc) is 3.31. The predicted molar refractivity (Wildman–Crippen MR) is 128 cm³/mol. The van der Waals surface area contributed by atoms with Gasteiger partial charge < -0.3 is 24.8 Å². The zero-order valence-corrected chi connectivity index (χ0v) is 19.7. The smallest absolute Gasteiger partial charge is 0.243 e. The Morgan fingerprint density at radius 1 is 1.06 bits per heavy atom. The Labute approximate surface area is 198 Å². The summed E-state index contributed by atoms with van der Waals surface area (Å²) in [5.41, 5.74) is 2.99. The molecule has 4 rings (SSSR count). The highest BCUT2D eigenvalue weighted by atomic mass is 32.1. The number of thiophene rings is 1. The second-order valence-corrected chi connectivity index (χ2v) is 9.38. The molecule has 1 aromatic heterocycles. The summed E-state index contributed by atoms with van der Waals surface area (Å²) in [6.07, 6.45) is 1.14. The molecular formula is C24H30N4O4S. The molecule has 0 aliphatic carbocycles. The van der Waals surface area contributed by atoms with Gasteiger partial charge in [-0.05, 0) is 47.7 Å². The highest BCUT2D eigenvalue weighted by Crippen LogP contribution is 2.24. The molecular weight excluding hydrogens is 440 g/mol. The predicted octanol–water partition coefficient (Wildman–Crippen LogP) is 2.35. The first-order valence-corrected chi connectivity index (χ1v) is 12.2. The first-order chi connectivity index (χ1) is 16.0. The van der Waals surface area contributed by atoms with Crippen LogP contribution in [0.3, 0.4) is 0 Å². The summed E-state index contributed by atoms with van der Waals surface area (Å²) < 4.78 is 5.37. The van der Waals surface area contributed by atoms with E-state index in [2.05, 4.69) is 21.7 Å². The molecule has 0 saturated carbocycles. The monoisotopic (exact) mass is 470 g/mol. The van der Waals surface area contributed by atoms with Gasteiger partial charge in [-0.25, -0.2) is 0 Å². The van der Waals surface area contributed by atoms with Crippen LogP contribution in [0.2, 0.25) is 0 Å². The normalized spacial score (nSPS) is 15.7. The number of nitrogens with zero attached hydrogens (tertiary/aromatic N) is 3. The molecule has 0 bridgehead atoms. The van der Waals surface area contributed by atoms with Crippen molar-refractivity contribution in [3.8, 4) is 0 Å². The van der Waals surface area contributed by atoms with E-state index in [9.17, 15) is 14.4 Å². The second kappa shape index (κ2) is 10.8. The number of rotatable bonds is 7. The van der Waals surface area contributed by atoms with E-state index in [-0.39, 0.29) is 37.1 Å². The lowest BCUT2D eigenvalue weighted by atomic mass is 10.1. The maximum absolute atomic E-state index is 12.5. The fourth-order valence-electron chi connectivity index (χ4n) is 4.11. The summed E-state index contributed by atoms with van der Waals surface area (Å²) in [5.74, 6) is -0.495. The van der Waals surface area contributed by atoms with E-state index < -0.39 is 0 Å². The topological polar surface area (TPSA) is 82.2 Å². The van der Waals surface area contributed by atoms with Crippen molar-refractivity contribution in [1.29, 1.82) is 0 Å². The van der Waals surface area contributed by atoms with Crippen LogP contribution < -0.4 is 10.2 Å². The number of morpholine rings is 1. The number of anilines is 2. The number of ether oxygens (including phenoxy) is 1. The third-order valence-electron chi connectivity index (χ3n) is 6.05. The third kappa shape index (κ3) is 6.11. The maximum atomic E-state index is 12.5. The molecule has 2 aromatic rings. The zero-order chi connectivity index (χ0) is 23.2. The van der Waals surface area contributed by atoms with Gasteiger partial charge in [0.15, 0.2) is 0 Å². The lowest BCUT2D eigenvalue weighted by Crippen LogP contribution is -2.38. The Bertz CT molecular complexity index is 985. The van der Waals surface area contributed by atoms with Gasteiger partial charge in [0.25, 0.3) is 0 Å². The van der Waals surface area contributed by atoms with Crippen molar-refractivity contribution in [2.24, 2.45) is 0 Å². The summed E-state index contributed by atoms with van der Waals surface area (Å²) in [7, 11) is 1.59. The first-order valence-electron chi connectivity index (χ1n) is 11.3. The van der Waals surface area contributed by atoms with E-state index in [1.165, 1.54) is 15.3 Å². The van der Waals surface area contributed by atoms with Crippen LogP contribution in [0.5, 0.6) is 0 Å².